The Hall–Kier alpha value is -0.890. The SMILES string of the molecule is CCCSc1nc(Cl)c2c(C)c(C(=O)OCCOC)sc2n1. The van der Waals surface area contributed by atoms with Crippen molar-refractivity contribution in [2.45, 2.75) is 25.4 Å². The molecule has 0 spiro atoms. The molecule has 0 amide bonds. The Labute approximate surface area is 142 Å². The van der Waals surface area contributed by atoms with Crippen LogP contribution in [0.1, 0.15) is 28.6 Å². The van der Waals surface area contributed by atoms with Crippen molar-refractivity contribution < 1.29 is 14.3 Å². The number of hydrogen-bond acceptors (Lipinski definition) is 7. The largest absolute Gasteiger partial charge is 0.459 e. The summed E-state index contributed by atoms with van der Waals surface area (Å²) in [6.07, 6.45) is 1.03. The summed E-state index contributed by atoms with van der Waals surface area (Å²) in [7, 11) is 1.56. The van der Waals surface area contributed by atoms with Crippen molar-refractivity contribution in [2.24, 2.45) is 0 Å². The Morgan fingerprint density at radius 1 is 1.36 bits per heavy atom. The van der Waals surface area contributed by atoms with Crippen LogP contribution in [-0.2, 0) is 9.47 Å². The highest BCUT2D eigenvalue weighted by molar-refractivity contribution is 7.99. The van der Waals surface area contributed by atoms with Crippen LogP contribution >= 0.6 is 34.7 Å². The molecule has 0 unspecified atom stereocenters. The third-order valence-corrected chi connectivity index (χ3v) is 5.36. The molecule has 2 heterocycles. The number of hydrogen-bond donors (Lipinski definition) is 0. The summed E-state index contributed by atoms with van der Waals surface area (Å²) in [5.74, 6) is 0.550. The van der Waals surface area contributed by atoms with E-state index in [2.05, 4.69) is 16.9 Å². The Balaban J connectivity index is 2.31. The van der Waals surface area contributed by atoms with E-state index >= 15 is 0 Å². The van der Waals surface area contributed by atoms with E-state index in [0.717, 1.165) is 28.0 Å². The Kier molecular flexibility index (Phi) is 6.43. The van der Waals surface area contributed by atoms with Crippen molar-refractivity contribution in [3.8, 4) is 0 Å². The minimum atomic E-state index is -0.378. The molecule has 22 heavy (non-hydrogen) atoms. The molecule has 2 rings (SSSR count). The second kappa shape index (κ2) is 8.10. The molecule has 0 aliphatic carbocycles. The van der Waals surface area contributed by atoms with E-state index in [4.69, 9.17) is 21.1 Å². The fourth-order valence-corrected chi connectivity index (χ4v) is 4.06. The summed E-state index contributed by atoms with van der Waals surface area (Å²) < 4.78 is 10.0. The number of halogens is 1. The van der Waals surface area contributed by atoms with Crippen LogP contribution < -0.4 is 0 Å². The van der Waals surface area contributed by atoms with Crippen molar-refractivity contribution in [1.29, 1.82) is 0 Å². The lowest BCUT2D eigenvalue weighted by Gasteiger charge is -2.02. The summed E-state index contributed by atoms with van der Waals surface area (Å²) >= 11 is 9.11. The van der Waals surface area contributed by atoms with Gasteiger partial charge in [-0.05, 0) is 18.9 Å². The van der Waals surface area contributed by atoms with Crippen molar-refractivity contribution >= 4 is 50.9 Å². The molecule has 0 bridgehead atoms. The summed E-state index contributed by atoms with van der Waals surface area (Å²) in [5, 5.41) is 1.75. The molecule has 0 aliphatic rings. The van der Waals surface area contributed by atoms with Crippen LogP contribution in [0.25, 0.3) is 10.2 Å². The lowest BCUT2D eigenvalue weighted by Crippen LogP contribution is -2.09. The van der Waals surface area contributed by atoms with E-state index in [9.17, 15) is 4.79 Å². The first-order valence-electron chi connectivity index (χ1n) is 6.84. The molecule has 8 heteroatoms. The van der Waals surface area contributed by atoms with Crippen molar-refractivity contribution in [2.75, 3.05) is 26.1 Å². The molecule has 0 aromatic carbocycles. The lowest BCUT2D eigenvalue weighted by molar-refractivity contribution is 0.0393. The number of aromatic nitrogens is 2. The first kappa shape index (κ1) is 17.5. The molecule has 0 saturated carbocycles. The standard InChI is InChI=1S/C14H17ClN2O3S2/c1-4-7-21-14-16-11(15)9-8(2)10(22-12(9)17-14)13(18)20-6-5-19-3/h4-7H2,1-3H3. The Bertz CT molecular complexity index is 676. The first-order valence-corrected chi connectivity index (χ1v) is 9.02. The van der Waals surface area contributed by atoms with E-state index in [0.29, 0.717) is 21.8 Å². The molecule has 5 nitrogen and oxygen atoms in total. The molecule has 0 aliphatic heterocycles. The quantitative estimate of drug-likeness (QED) is 0.245. The van der Waals surface area contributed by atoms with Crippen LogP contribution in [0.4, 0.5) is 0 Å². The molecule has 120 valence electrons. The predicted molar refractivity (Wildman–Crippen MR) is 90.3 cm³/mol. The van der Waals surface area contributed by atoms with Crippen LogP contribution in [0.5, 0.6) is 0 Å². The van der Waals surface area contributed by atoms with Crippen molar-refractivity contribution in [1.82, 2.24) is 9.97 Å². The average Bonchev–Trinajstić information content (AvgIpc) is 2.83. The molecular formula is C14H17ClN2O3S2. The third-order valence-electron chi connectivity index (χ3n) is 2.87. The maximum Gasteiger partial charge on any atom is 0.348 e. The molecule has 0 saturated heterocycles. The number of thiophene rings is 1. The minimum absolute atomic E-state index is 0.222. The van der Waals surface area contributed by atoms with E-state index in [1.807, 2.05) is 6.92 Å². The zero-order valence-corrected chi connectivity index (χ0v) is 15.0. The molecule has 2 aromatic heterocycles. The average molecular weight is 361 g/mol. The van der Waals surface area contributed by atoms with Crippen LogP contribution in [0.15, 0.2) is 5.16 Å². The number of thioether (sulfide) groups is 1. The maximum absolute atomic E-state index is 12.1. The van der Waals surface area contributed by atoms with Gasteiger partial charge < -0.3 is 9.47 Å². The molecular weight excluding hydrogens is 344 g/mol. The van der Waals surface area contributed by atoms with Crippen LogP contribution in [0.2, 0.25) is 5.15 Å². The number of rotatable bonds is 7. The van der Waals surface area contributed by atoms with Gasteiger partial charge >= 0.3 is 5.97 Å². The molecule has 0 atom stereocenters. The number of fused-ring (bicyclic) bond motifs is 1. The van der Waals surface area contributed by atoms with Gasteiger partial charge in [-0.15, -0.1) is 11.3 Å². The maximum atomic E-state index is 12.1. The highest BCUT2D eigenvalue weighted by atomic mass is 35.5. The van der Waals surface area contributed by atoms with Crippen molar-refractivity contribution in [3.63, 3.8) is 0 Å². The first-order chi connectivity index (χ1) is 10.6. The van der Waals surface area contributed by atoms with Gasteiger partial charge in [0.25, 0.3) is 0 Å². The van der Waals surface area contributed by atoms with Gasteiger partial charge in [-0.3, -0.25) is 0 Å². The van der Waals surface area contributed by atoms with Gasteiger partial charge in [-0.25, -0.2) is 14.8 Å². The van der Waals surface area contributed by atoms with Crippen LogP contribution in [0.3, 0.4) is 0 Å². The topological polar surface area (TPSA) is 61.3 Å². The van der Waals surface area contributed by atoms with Gasteiger partial charge in [-0.2, -0.15) is 0 Å². The number of ether oxygens (including phenoxy) is 2. The summed E-state index contributed by atoms with van der Waals surface area (Å²) in [6, 6.07) is 0. The third kappa shape index (κ3) is 3.90. The minimum Gasteiger partial charge on any atom is -0.459 e. The molecule has 0 N–H and O–H groups in total. The van der Waals surface area contributed by atoms with Gasteiger partial charge in [0.15, 0.2) is 5.16 Å². The van der Waals surface area contributed by atoms with Gasteiger partial charge in [-0.1, -0.05) is 30.3 Å². The number of methoxy groups -OCH3 is 1. The molecule has 2 aromatic rings. The number of nitrogens with zero attached hydrogens (tertiary/aromatic N) is 2. The molecule has 0 fully saturated rings. The fourth-order valence-electron chi connectivity index (χ4n) is 1.81. The summed E-state index contributed by atoms with van der Waals surface area (Å²) in [5.41, 5.74) is 0.763. The normalized spacial score (nSPS) is 11.1. The number of aryl methyl sites for hydroxylation is 1. The van der Waals surface area contributed by atoms with Gasteiger partial charge in [0.2, 0.25) is 0 Å². The van der Waals surface area contributed by atoms with Gasteiger partial charge in [0.05, 0.1) is 12.0 Å². The zero-order chi connectivity index (χ0) is 16.1. The second-order valence-electron chi connectivity index (χ2n) is 4.51. The van der Waals surface area contributed by atoms with Gasteiger partial charge in [0, 0.05) is 12.9 Å². The Morgan fingerprint density at radius 2 is 2.14 bits per heavy atom. The number of esters is 1. The van der Waals surface area contributed by atoms with Gasteiger partial charge in [0.1, 0.15) is 21.5 Å². The zero-order valence-electron chi connectivity index (χ0n) is 12.6. The second-order valence-corrected chi connectivity index (χ2v) is 6.93. The fraction of sp³-hybridized carbons (Fsp3) is 0.500. The van der Waals surface area contributed by atoms with E-state index in [1.54, 1.807) is 18.9 Å². The number of carbonyl (C=O) groups excluding carboxylic acids is 1. The van der Waals surface area contributed by atoms with Crippen molar-refractivity contribution in [3.05, 3.63) is 15.6 Å². The van der Waals surface area contributed by atoms with E-state index < -0.39 is 0 Å². The molecule has 0 radical (unpaired) electrons. The monoisotopic (exact) mass is 360 g/mol. The smallest absolute Gasteiger partial charge is 0.348 e. The van der Waals surface area contributed by atoms with E-state index in [-0.39, 0.29) is 12.6 Å². The van der Waals surface area contributed by atoms with Crippen LogP contribution in [-0.4, -0.2) is 42.0 Å². The van der Waals surface area contributed by atoms with E-state index in [1.165, 1.54) is 11.3 Å². The summed E-state index contributed by atoms with van der Waals surface area (Å²) in [4.78, 5) is 22.1. The lowest BCUT2D eigenvalue weighted by atomic mass is 10.2. The van der Waals surface area contributed by atoms with Crippen LogP contribution in [0, 0.1) is 6.92 Å². The highest BCUT2D eigenvalue weighted by Crippen LogP contribution is 2.35. The summed E-state index contributed by atoms with van der Waals surface area (Å²) in [6.45, 7) is 4.52. The highest BCUT2D eigenvalue weighted by Gasteiger charge is 2.21. The predicted octanol–water partition coefficient (Wildman–Crippen LogP) is 3.96. The Morgan fingerprint density at radius 3 is 2.82 bits per heavy atom. The number of carbonyl (C=O) groups is 1.